The van der Waals surface area contributed by atoms with E-state index in [1.165, 1.54) is 12.5 Å². The zero-order chi connectivity index (χ0) is 37.1. The van der Waals surface area contributed by atoms with Crippen LogP contribution in [0.15, 0.2) is 11.6 Å². The quantitative estimate of drug-likeness (QED) is 0.201. The highest BCUT2D eigenvalue weighted by atomic mass is 16.8. The van der Waals surface area contributed by atoms with E-state index in [-0.39, 0.29) is 29.0 Å². The number of fused-ring (bicyclic) bond motifs is 7. The van der Waals surface area contributed by atoms with Gasteiger partial charge in [0, 0.05) is 17.8 Å². The van der Waals surface area contributed by atoms with Crippen LogP contribution in [0.1, 0.15) is 92.4 Å². The zero-order valence-electron chi connectivity index (χ0n) is 31.3. The zero-order valence-corrected chi connectivity index (χ0v) is 31.3. The molecule has 7 fully saturated rings. The summed E-state index contributed by atoms with van der Waals surface area (Å²) in [5, 5.41) is 75.6. The van der Waals surface area contributed by atoms with Gasteiger partial charge in [-0.1, -0.05) is 39.3 Å². The number of aliphatic hydroxyl groups is 7. The Labute approximate surface area is 306 Å². The van der Waals surface area contributed by atoms with Crippen LogP contribution in [0.25, 0.3) is 0 Å². The molecule has 1 spiro atoms. The van der Waals surface area contributed by atoms with E-state index < -0.39 is 79.4 Å². The molecule has 296 valence electrons. The summed E-state index contributed by atoms with van der Waals surface area (Å²) in [4.78, 5) is 0. The smallest absolute Gasteiger partial charge is 0.187 e. The topological polar surface area (TPSA) is 197 Å². The average molecular weight is 739 g/mol. The van der Waals surface area contributed by atoms with Crippen molar-refractivity contribution in [1.29, 1.82) is 0 Å². The molecular formula is C39H62O13. The molecular weight excluding hydrogens is 676 g/mol. The second-order valence-electron chi connectivity index (χ2n) is 18.4. The predicted octanol–water partition coefficient (Wildman–Crippen LogP) is 1.50. The number of rotatable bonds is 5. The number of allylic oxidation sites excluding steroid dienone is 1. The molecule has 0 aromatic heterocycles. The van der Waals surface area contributed by atoms with Gasteiger partial charge in [-0.3, -0.25) is 0 Å². The lowest BCUT2D eigenvalue weighted by atomic mass is 9.46. The standard InChI is InChI=1S/C39H62O13/c1-18-8-13-38(47-17-18)20(3)39(46)27(52-38)15-25-23-7-6-21-14-22(9-11-36(21,4)24(23)10-12-37(25,39)5)49-35-33(31(44)29(42)26(16-40)50-35)51-34-32(45)30(43)28(41)19(2)48-34/h6,18-20,22-35,40-46H,7-17H2,1-5H3/t18-,19+,20-,22+,23-,24+,25+,26-,27+,28+,29+,30-,31+,32-,33-,34+,35-,36+,37+,38-,39-/m1/s1. The van der Waals surface area contributed by atoms with Crippen molar-refractivity contribution in [2.75, 3.05) is 13.2 Å². The van der Waals surface area contributed by atoms with Gasteiger partial charge < -0.3 is 64.2 Å². The lowest BCUT2D eigenvalue weighted by Gasteiger charge is -2.60. The summed E-state index contributed by atoms with van der Waals surface area (Å²) in [6.45, 7) is 10.7. The fourth-order valence-electron chi connectivity index (χ4n) is 12.5. The van der Waals surface area contributed by atoms with Crippen LogP contribution < -0.4 is 0 Å². The Morgan fingerprint density at radius 2 is 1.60 bits per heavy atom. The second-order valence-corrected chi connectivity index (χ2v) is 18.4. The van der Waals surface area contributed by atoms with Gasteiger partial charge in [0.05, 0.1) is 31.5 Å². The van der Waals surface area contributed by atoms with E-state index in [1.54, 1.807) is 0 Å². The Hall–Kier alpha value is -0.780. The molecule has 13 nitrogen and oxygen atoms in total. The van der Waals surface area contributed by atoms with E-state index in [0.717, 1.165) is 44.9 Å². The Bertz CT molecular complexity index is 1350. The fourth-order valence-corrected chi connectivity index (χ4v) is 12.5. The minimum absolute atomic E-state index is 0.0411. The van der Waals surface area contributed by atoms with Gasteiger partial charge in [0.25, 0.3) is 0 Å². The number of hydrogen-bond donors (Lipinski definition) is 7. The van der Waals surface area contributed by atoms with E-state index in [0.29, 0.717) is 43.1 Å². The summed E-state index contributed by atoms with van der Waals surface area (Å²) < 4.78 is 37.3. The van der Waals surface area contributed by atoms with Gasteiger partial charge >= 0.3 is 0 Å². The summed E-state index contributed by atoms with van der Waals surface area (Å²) in [7, 11) is 0. The van der Waals surface area contributed by atoms with Gasteiger partial charge in [-0.05, 0) is 87.4 Å². The molecule has 8 rings (SSSR count). The molecule has 4 saturated heterocycles. The molecule has 52 heavy (non-hydrogen) atoms. The molecule has 4 aliphatic carbocycles. The Morgan fingerprint density at radius 1 is 0.827 bits per heavy atom. The molecule has 3 saturated carbocycles. The molecule has 7 N–H and O–H groups in total. The van der Waals surface area contributed by atoms with E-state index in [4.69, 9.17) is 28.4 Å². The molecule has 0 aromatic rings. The van der Waals surface area contributed by atoms with Crippen LogP contribution >= 0.6 is 0 Å². The van der Waals surface area contributed by atoms with Crippen LogP contribution in [0.4, 0.5) is 0 Å². The first-order valence-corrected chi connectivity index (χ1v) is 19.9. The molecule has 21 atom stereocenters. The van der Waals surface area contributed by atoms with Gasteiger partial charge in [-0.15, -0.1) is 0 Å². The van der Waals surface area contributed by atoms with Crippen molar-refractivity contribution < 1.29 is 64.2 Å². The second kappa shape index (κ2) is 13.4. The molecule has 8 aliphatic rings. The number of ether oxygens (including phenoxy) is 6. The maximum atomic E-state index is 12.7. The summed E-state index contributed by atoms with van der Waals surface area (Å²) in [5.74, 6) is 0.929. The van der Waals surface area contributed by atoms with Crippen LogP contribution in [0, 0.1) is 40.4 Å². The normalized spacial score (nSPS) is 58.9. The Morgan fingerprint density at radius 3 is 2.31 bits per heavy atom. The number of hydrogen-bond acceptors (Lipinski definition) is 13. The first-order chi connectivity index (χ1) is 24.6. The van der Waals surface area contributed by atoms with Crippen molar-refractivity contribution >= 4 is 0 Å². The lowest BCUT2D eigenvalue weighted by Crippen LogP contribution is -2.64. The molecule has 0 radical (unpaired) electrons. The van der Waals surface area contributed by atoms with Crippen LogP contribution in [0.2, 0.25) is 0 Å². The maximum Gasteiger partial charge on any atom is 0.187 e. The van der Waals surface area contributed by atoms with E-state index >= 15 is 0 Å². The van der Waals surface area contributed by atoms with Gasteiger partial charge in [0.1, 0.15) is 48.3 Å². The maximum absolute atomic E-state index is 12.7. The summed E-state index contributed by atoms with van der Waals surface area (Å²) in [5.41, 5.74) is 0.0981. The molecule has 0 aromatic carbocycles. The average Bonchev–Trinajstić information content (AvgIpc) is 3.48. The lowest BCUT2D eigenvalue weighted by molar-refractivity contribution is -0.369. The highest BCUT2D eigenvalue weighted by molar-refractivity contribution is 5.29. The first-order valence-electron chi connectivity index (χ1n) is 19.9. The third-order valence-electron chi connectivity index (χ3n) is 15.8. The van der Waals surface area contributed by atoms with Crippen LogP contribution in [0.3, 0.4) is 0 Å². The summed E-state index contributed by atoms with van der Waals surface area (Å²) >= 11 is 0. The van der Waals surface area contributed by atoms with Crippen molar-refractivity contribution in [1.82, 2.24) is 0 Å². The number of aliphatic hydroxyl groups excluding tert-OH is 6. The predicted molar refractivity (Wildman–Crippen MR) is 183 cm³/mol. The Kier molecular flexibility index (Phi) is 9.83. The molecule has 13 heteroatoms. The Balaban J connectivity index is 0.977. The van der Waals surface area contributed by atoms with Gasteiger partial charge in [0.2, 0.25) is 0 Å². The highest BCUT2D eigenvalue weighted by Gasteiger charge is 2.76. The largest absolute Gasteiger partial charge is 0.394 e. The highest BCUT2D eigenvalue weighted by Crippen LogP contribution is 2.72. The SMILES string of the molecule is C[C@@H]1CC[C@@]2(OC1)O[C@H]1C[C@H]3[C@@H]4CC=C5C[C@@H](O[C@@H]6O[C@H](CO)[C@H](O)[C@H](O)[C@H]6O[C@@H]6O[C@@H](C)[C@H](O)[C@@H](O)[C@H]6O)CC[C@]5(C)[C@H]4CC[C@]3(C)[C@@]1(O)[C@@H]2C. The van der Waals surface area contributed by atoms with Crippen molar-refractivity contribution in [2.45, 2.75) is 177 Å². The molecule has 4 aliphatic heterocycles. The summed E-state index contributed by atoms with van der Waals surface area (Å²) in [6, 6.07) is 0. The monoisotopic (exact) mass is 738 g/mol. The van der Waals surface area contributed by atoms with E-state index in [9.17, 15) is 35.7 Å². The van der Waals surface area contributed by atoms with Crippen molar-refractivity contribution in [3.63, 3.8) is 0 Å². The minimum Gasteiger partial charge on any atom is -0.394 e. The third-order valence-corrected chi connectivity index (χ3v) is 15.8. The minimum atomic E-state index is -1.62. The third kappa shape index (κ3) is 5.50. The molecule has 0 unspecified atom stereocenters. The van der Waals surface area contributed by atoms with Crippen LogP contribution in [-0.4, -0.2) is 134 Å². The van der Waals surface area contributed by atoms with Crippen LogP contribution in [0.5, 0.6) is 0 Å². The van der Waals surface area contributed by atoms with Gasteiger partial charge in [0.15, 0.2) is 18.4 Å². The fraction of sp³-hybridized carbons (Fsp3) is 0.949. The molecule has 0 amide bonds. The van der Waals surface area contributed by atoms with Crippen LogP contribution in [-0.2, 0) is 28.4 Å². The molecule has 4 heterocycles. The van der Waals surface area contributed by atoms with E-state index in [1.807, 2.05) is 0 Å². The van der Waals surface area contributed by atoms with Gasteiger partial charge in [-0.25, -0.2) is 0 Å². The van der Waals surface area contributed by atoms with E-state index in [2.05, 4.69) is 33.8 Å². The van der Waals surface area contributed by atoms with Gasteiger partial charge in [-0.2, -0.15) is 0 Å². The molecule has 0 bridgehead atoms. The van der Waals surface area contributed by atoms with Crippen molar-refractivity contribution in [3.05, 3.63) is 11.6 Å². The van der Waals surface area contributed by atoms with Crippen molar-refractivity contribution in [2.24, 2.45) is 40.4 Å². The summed E-state index contributed by atoms with van der Waals surface area (Å²) in [6.07, 6.45) is -3.83. The van der Waals surface area contributed by atoms with Crippen molar-refractivity contribution in [3.8, 4) is 0 Å². The first kappa shape index (κ1) is 38.1.